The van der Waals surface area contributed by atoms with Gasteiger partial charge in [0.15, 0.2) is 11.5 Å². The summed E-state index contributed by atoms with van der Waals surface area (Å²) in [4.78, 5) is 30.7. The molecule has 5 rings (SSSR count). The number of pyridine rings is 1. The summed E-state index contributed by atoms with van der Waals surface area (Å²) in [6, 6.07) is 22.0. The van der Waals surface area contributed by atoms with Crippen molar-refractivity contribution in [1.29, 1.82) is 0 Å². The number of anilines is 1. The number of urea groups is 1. The average Bonchev–Trinajstić information content (AvgIpc) is 2.86. The second kappa shape index (κ2) is 10.1. The number of H-pyrrole nitrogens is 1. The van der Waals surface area contributed by atoms with Crippen LogP contribution in [0.1, 0.15) is 11.1 Å². The molecule has 1 aliphatic heterocycles. The van der Waals surface area contributed by atoms with Gasteiger partial charge in [0.25, 0.3) is 5.56 Å². The number of halogens is 1. The number of amides is 2. The molecule has 0 saturated carbocycles. The third kappa shape index (κ3) is 5.41. The number of aromatic nitrogens is 1. The number of hydrogen-bond donors (Lipinski definition) is 2. The number of hydrogen-bond acceptors (Lipinski definition) is 4. The van der Waals surface area contributed by atoms with Crippen LogP contribution in [-0.2, 0) is 13.0 Å². The lowest BCUT2D eigenvalue weighted by Crippen LogP contribution is -2.37. The molecule has 0 spiro atoms. The molecule has 2 amide bonds. The first-order chi connectivity index (χ1) is 17.0. The molecule has 1 aromatic heterocycles. The Morgan fingerprint density at radius 1 is 0.971 bits per heavy atom. The smallest absolute Gasteiger partial charge is 0.322 e. The summed E-state index contributed by atoms with van der Waals surface area (Å²) in [6.45, 7) is 1.51. The van der Waals surface area contributed by atoms with Crippen LogP contribution in [0.5, 0.6) is 11.5 Å². The summed E-state index contributed by atoms with van der Waals surface area (Å²) in [5.41, 5.74) is 2.56. The van der Waals surface area contributed by atoms with Crippen LogP contribution in [0.2, 0.25) is 5.02 Å². The maximum Gasteiger partial charge on any atom is 0.322 e. The highest BCUT2D eigenvalue weighted by molar-refractivity contribution is 6.30. The predicted molar refractivity (Wildman–Crippen MR) is 137 cm³/mol. The average molecular weight is 490 g/mol. The molecule has 1 aliphatic rings. The largest absolute Gasteiger partial charge is 0.486 e. The quantitative estimate of drug-likeness (QED) is 0.388. The van der Waals surface area contributed by atoms with Crippen LogP contribution >= 0.6 is 11.6 Å². The summed E-state index contributed by atoms with van der Waals surface area (Å²) < 4.78 is 11.3. The molecule has 0 atom stereocenters. The highest BCUT2D eigenvalue weighted by Crippen LogP contribution is 2.33. The van der Waals surface area contributed by atoms with E-state index in [9.17, 15) is 9.59 Å². The number of fused-ring (bicyclic) bond motifs is 2. The van der Waals surface area contributed by atoms with Gasteiger partial charge in [-0.05, 0) is 42.3 Å². The molecule has 0 unspecified atom stereocenters. The first-order valence-corrected chi connectivity index (χ1v) is 11.7. The van der Waals surface area contributed by atoms with Crippen molar-refractivity contribution < 1.29 is 14.3 Å². The van der Waals surface area contributed by atoms with Crippen molar-refractivity contribution in [2.45, 2.75) is 13.0 Å². The van der Waals surface area contributed by atoms with E-state index >= 15 is 0 Å². The maximum absolute atomic E-state index is 13.2. The Bertz CT molecular complexity index is 1420. The van der Waals surface area contributed by atoms with Crippen LogP contribution in [0, 0.1) is 0 Å². The highest BCUT2D eigenvalue weighted by Gasteiger charge is 2.18. The van der Waals surface area contributed by atoms with Gasteiger partial charge >= 0.3 is 6.03 Å². The van der Waals surface area contributed by atoms with Gasteiger partial charge in [-0.3, -0.25) is 4.79 Å². The molecule has 2 N–H and O–H groups in total. The zero-order valence-corrected chi connectivity index (χ0v) is 19.7. The summed E-state index contributed by atoms with van der Waals surface area (Å²) in [5, 5.41) is 4.23. The van der Waals surface area contributed by atoms with Gasteiger partial charge < -0.3 is 24.7 Å². The molecule has 3 aromatic carbocycles. The van der Waals surface area contributed by atoms with Gasteiger partial charge in [0, 0.05) is 34.3 Å². The number of benzene rings is 3. The minimum Gasteiger partial charge on any atom is -0.486 e. The fraction of sp³-hybridized carbons (Fsp3) is 0.185. The Hall–Kier alpha value is -3.97. The van der Waals surface area contributed by atoms with Crippen LogP contribution < -0.4 is 20.3 Å². The Kier molecular flexibility index (Phi) is 6.59. The zero-order chi connectivity index (χ0) is 24.2. The number of nitrogens with zero attached hydrogens (tertiary/aromatic N) is 1. The number of aromatic amines is 1. The van der Waals surface area contributed by atoms with Gasteiger partial charge in [0.2, 0.25) is 0 Å². The van der Waals surface area contributed by atoms with Gasteiger partial charge in [0.05, 0.1) is 12.1 Å². The van der Waals surface area contributed by atoms with E-state index in [-0.39, 0.29) is 18.1 Å². The van der Waals surface area contributed by atoms with Crippen LogP contribution in [0.3, 0.4) is 0 Å². The van der Waals surface area contributed by atoms with Crippen molar-refractivity contribution in [3.05, 3.63) is 99.3 Å². The molecule has 7 nitrogen and oxygen atoms in total. The molecule has 0 aliphatic carbocycles. The Labute approximate surface area is 207 Å². The van der Waals surface area contributed by atoms with Gasteiger partial charge in [0.1, 0.15) is 13.2 Å². The molecule has 35 heavy (non-hydrogen) atoms. The van der Waals surface area contributed by atoms with Crippen LogP contribution in [0.15, 0.2) is 77.6 Å². The molecule has 178 valence electrons. The van der Waals surface area contributed by atoms with E-state index in [0.717, 1.165) is 10.9 Å². The third-order valence-electron chi connectivity index (χ3n) is 5.82. The third-order valence-corrected chi connectivity index (χ3v) is 6.06. The lowest BCUT2D eigenvalue weighted by molar-refractivity contribution is 0.172. The molecule has 0 saturated heterocycles. The van der Waals surface area contributed by atoms with Crippen molar-refractivity contribution in [2.24, 2.45) is 0 Å². The lowest BCUT2D eigenvalue weighted by Gasteiger charge is -2.23. The molecule has 8 heteroatoms. The van der Waals surface area contributed by atoms with E-state index in [4.69, 9.17) is 21.1 Å². The molecular formula is C27H24ClN3O4. The van der Waals surface area contributed by atoms with E-state index in [1.165, 1.54) is 0 Å². The number of ether oxygens (including phenoxy) is 2. The van der Waals surface area contributed by atoms with Gasteiger partial charge in [-0.1, -0.05) is 48.0 Å². The summed E-state index contributed by atoms with van der Waals surface area (Å²) in [5.74, 6) is 1.25. The monoisotopic (exact) mass is 489 g/mol. The van der Waals surface area contributed by atoms with Crippen molar-refractivity contribution in [2.75, 3.05) is 25.1 Å². The van der Waals surface area contributed by atoms with Gasteiger partial charge in [-0.2, -0.15) is 0 Å². The van der Waals surface area contributed by atoms with Crippen LogP contribution in [0.4, 0.5) is 10.5 Å². The first-order valence-electron chi connectivity index (χ1n) is 11.4. The van der Waals surface area contributed by atoms with Crippen LogP contribution in [-0.4, -0.2) is 35.7 Å². The number of nitrogens with one attached hydrogen (secondary N) is 2. The fourth-order valence-corrected chi connectivity index (χ4v) is 4.23. The highest BCUT2D eigenvalue weighted by atomic mass is 35.5. The molecule has 0 radical (unpaired) electrons. The maximum atomic E-state index is 13.2. The first kappa shape index (κ1) is 22.8. The standard InChI is InChI=1S/C27H24ClN3O4/c28-21-7-4-8-22(15-21)29-27(33)31(10-9-18-5-2-1-3-6-18)17-20-13-19-14-24-25(35-12-11-34-24)16-23(19)30-26(20)32/h1-8,13-16H,9-12,17H2,(H,29,33)(H,30,32). The SMILES string of the molecule is O=C(Nc1cccc(Cl)c1)N(CCc1ccccc1)Cc1cc2cc3c(cc2[nH]c1=O)OCCO3. The number of carbonyl (C=O) groups is 1. The molecule has 4 aromatic rings. The Morgan fingerprint density at radius 2 is 1.74 bits per heavy atom. The summed E-state index contributed by atoms with van der Waals surface area (Å²) in [7, 11) is 0. The Balaban J connectivity index is 1.42. The van der Waals surface area contributed by atoms with E-state index in [1.807, 2.05) is 36.4 Å². The van der Waals surface area contributed by atoms with Crippen molar-refractivity contribution in [3.8, 4) is 11.5 Å². The number of carbonyl (C=O) groups excluding carboxylic acids is 1. The predicted octanol–water partition coefficient (Wildman–Crippen LogP) is 5.23. The second-order valence-corrected chi connectivity index (χ2v) is 8.74. The topological polar surface area (TPSA) is 83.7 Å². The van der Waals surface area contributed by atoms with Gasteiger partial charge in [-0.15, -0.1) is 0 Å². The van der Waals surface area contributed by atoms with E-state index < -0.39 is 0 Å². The molecule has 0 bridgehead atoms. The minimum atomic E-state index is -0.315. The fourth-order valence-electron chi connectivity index (χ4n) is 4.04. The van der Waals surface area contributed by atoms with E-state index in [2.05, 4.69) is 10.3 Å². The second-order valence-electron chi connectivity index (χ2n) is 8.30. The molecule has 0 fully saturated rings. The lowest BCUT2D eigenvalue weighted by atomic mass is 10.1. The molecular weight excluding hydrogens is 466 g/mol. The van der Waals surface area contributed by atoms with E-state index in [1.54, 1.807) is 41.3 Å². The van der Waals surface area contributed by atoms with Crippen molar-refractivity contribution in [3.63, 3.8) is 0 Å². The van der Waals surface area contributed by atoms with E-state index in [0.29, 0.717) is 59.5 Å². The Morgan fingerprint density at radius 3 is 2.51 bits per heavy atom. The normalized spacial score (nSPS) is 12.4. The van der Waals surface area contributed by atoms with Crippen molar-refractivity contribution >= 4 is 34.2 Å². The zero-order valence-electron chi connectivity index (χ0n) is 18.9. The number of rotatable bonds is 6. The summed E-state index contributed by atoms with van der Waals surface area (Å²) >= 11 is 6.08. The summed E-state index contributed by atoms with van der Waals surface area (Å²) in [6.07, 6.45) is 0.647. The van der Waals surface area contributed by atoms with Crippen LogP contribution in [0.25, 0.3) is 10.9 Å². The molecule has 2 heterocycles. The van der Waals surface area contributed by atoms with Crippen molar-refractivity contribution in [1.82, 2.24) is 9.88 Å². The minimum absolute atomic E-state index is 0.138. The van der Waals surface area contributed by atoms with Gasteiger partial charge in [-0.25, -0.2) is 4.79 Å².